The minimum absolute atomic E-state index is 0.0882. The van der Waals surface area contributed by atoms with E-state index in [0.29, 0.717) is 48.1 Å². The lowest BCUT2D eigenvalue weighted by Gasteiger charge is -2.37. The Kier molecular flexibility index (Phi) is 5.85. The molecule has 4 heterocycles. The lowest BCUT2D eigenvalue weighted by Crippen LogP contribution is -2.48. The van der Waals surface area contributed by atoms with Gasteiger partial charge in [-0.05, 0) is 42.7 Å². The van der Waals surface area contributed by atoms with Gasteiger partial charge in [0.25, 0.3) is 11.8 Å². The highest BCUT2D eigenvalue weighted by Gasteiger charge is 2.43. The molecule has 0 saturated carbocycles. The molecule has 8 heteroatoms. The summed E-state index contributed by atoms with van der Waals surface area (Å²) >= 11 is 6.07. The predicted molar refractivity (Wildman–Crippen MR) is 122 cm³/mol. The fourth-order valence-corrected chi connectivity index (χ4v) is 4.72. The number of nitrogens with zero attached hydrogens (tertiary/aromatic N) is 4. The average Bonchev–Trinajstić information content (AvgIpc) is 3.43. The van der Waals surface area contributed by atoms with Crippen LogP contribution >= 0.6 is 11.6 Å². The fourth-order valence-electron chi connectivity index (χ4n) is 4.59. The Hall–Kier alpha value is -2.90. The predicted octanol–water partition coefficient (Wildman–Crippen LogP) is 2.82. The third-order valence-corrected chi connectivity index (χ3v) is 6.51. The van der Waals surface area contributed by atoms with Crippen LogP contribution in [0.25, 0.3) is 5.57 Å². The van der Waals surface area contributed by atoms with E-state index in [1.807, 2.05) is 35.2 Å². The molecule has 3 aliphatic rings. The van der Waals surface area contributed by atoms with Crippen molar-refractivity contribution in [3.8, 4) is 0 Å². The Morgan fingerprint density at radius 1 is 0.969 bits per heavy atom. The van der Waals surface area contributed by atoms with E-state index in [4.69, 9.17) is 16.3 Å². The number of piperazine rings is 1. The maximum Gasteiger partial charge on any atom is 0.277 e. The molecule has 0 bridgehead atoms. The molecule has 5 rings (SSSR count). The minimum Gasteiger partial charge on any atom is -0.376 e. The Labute approximate surface area is 192 Å². The standard InChI is InChI=1S/C24H25ClN4O3/c25-18-8-6-17(7-9-18)21-22(24(31)29(23(21)30)16-19-4-3-15-32-19)28-13-11-27(12-14-28)20-5-1-2-10-26-20/h1-2,5-10,19H,3-4,11-16H2. The second kappa shape index (κ2) is 8.92. The topological polar surface area (TPSA) is 66.0 Å². The molecule has 0 radical (unpaired) electrons. The molecule has 1 atom stereocenters. The van der Waals surface area contributed by atoms with Crippen LogP contribution in [0.2, 0.25) is 5.02 Å². The summed E-state index contributed by atoms with van der Waals surface area (Å²) in [7, 11) is 0. The van der Waals surface area contributed by atoms with Crippen LogP contribution in [0.3, 0.4) is 0 Å². The Balaban J connectivity index is 1.43. The first kappa shape index (κ1) is 21.0. The third-order valence-electron chi connectivity index (χ3n) is 6.26. The highest BCUT2D eigenvalue weighted by molar-refractivity contribution is 6.36. The number of imide groups is 1. The minimum atomic E-state index is -0.255. The summed E-state index contributed by atoms with van der Waals surface area (Å²) in [5.74, 6) is 0.435. The smallest absolute Gasteiger partial charge is 0.277 e. The molecule has 1 aromatic carbocycles. The number of carbonyl (C=O) groups is 2. The van der Waals surface area contributed by atoms with Crippen LogP contribution in [0.1, 0.15) is 18.4 Å². The van der Waals surface area contributed by atoms with Gasteiger partial charge >= 0.3 is 0 Å². The van der Waals surface area contributed by atoms with Gasteiger partial charge in [-0.2, -0.15) is 0 Å². The van der Waals surface area contributed by atoms with E-state index < -0.39 is 0 Å². The van der Waals surface area contributed by atoms with Crippen molar-refractivity contribution in [1.82, 2.24) is 14.8 Å². The van der Waals surface area contributed by atoms with Gasteiger partial charge in [0.15, 0.2) is 0 Å². The number of hydrogen-bond donors (Lipinski definition) is 0. The van der Waals surface area contributed by atoms with E-state index in [1.54, 1.807) is 18.3 Å². The largest absolute Gasteiger partial charge is 0.376 e. The molecule has 2 saturated heterocycles. The van der Waals surface area contributed by atoms with E-state index >= 15 is 0 Å². The molecule has 0 aliphatic carbocycles. The van der Waals surface area contributed by atoms with Crippen LogP contribution in [0, 0.1) is 0 Å². The Morgan fingerprint density at radius 2 is 1.72 bits per heavy atom. The average molecular weight is 453 g/mol. The summed E-state index contributed by atoms with van der Waals surface area (Å²) in [6.07, 6.45) is 3.52. The van der Waals surface area contributed by atoms with Crippen LogP contribution in [0.4, 0.5) is 5.82 Å². The maximum absolute atomic E-state index is 13.5. The molecule has 1 unspecified atom stereocenters. The van der Waals surface area contributed by atoms with Crippen LogP contribution in [0.15, 0.2) is 54.4 Å². The molecule has 32 heavy (non-hydrogen) atoms. The number of ether oxygens (including phenoxy) is 1. The molecule has 3 aliphatic heterocycles. The van der Waals surface area contributed by atoms with E-state index in [0.717, 1.165) is 31.7 Å². The second-order valence-corrected chi connectivity index (χ2v) is 8.68. The van der Waals surface area contributed by atoms with Crippen LogP contribution in [-0.2, 0) is 14.3 Å². The zero-order valence-electron chi connectivity index (χ0n) is 17.7. The van der Waals surface area contributed by atoms with Crippen LogP contribution in [0.5, 0.6) is 0 Å². The lowest BCUT2D eigenvalue weighted by molar-refractivity contribution is -0.139. The number of anilines is 1. The van der Waals surface area contributed by atoms with Crippen molar-refractivity contribution < 1.29 is 14.3 Å². The quantitative estimate of drug-likeness (QED) is 0.650. The number of rotatable bonds is 5. The summed E-state index contributed by atoms with van der Waals surface area (Å²) in [5, 5.41) is 0.591. The maximum atomic E-state index is 13.5. The van der Waals surface area contributed by atoms with Crippen molar-refractivity contribution in [3.05, 3.63) is 64.9 Å². The molecule has 166 valence electrons. The number of pyridine rings is 1. The highest BCUT2D eigenvalue weighted by Crippen LogP contribution is 2.34. The van der Waals surface area contributed by atoms with Gasteiger partial charge in [0.05, 0.1) is 18.2 Å². The normalized spacial score (nSPS) is 21.8. The van der Waals surface area contributed by atoms with Crippen molar-refractivity contribution in [2.75, 3.05) is 44.2 Å². The number of aromatic nitrogens is 1. The molecular formula is C24H25ClN4O3. The first-order valence-corrected chi connectivity index (χ1v) is 11.4. The summed E-state index contributed by atoms with van der Waals surface area (Å²) in [6, 6.07) is 13.0. The van der Waals surface area contributed by atoms with Gasteiger partial charge in [-0.1, -0.05) is 29.8 Å². The van der Waals surface area contributed by atoms with Crippen molar-refractivity contribution in [1.29, 1.82) is 0 Å². The van der Waals surface area contributed by atoms with E-state index in [-0.39, 0.29) is 17.9 Å². The van der Waals surface area contributed by atoms with E-state index in [1.165, 1.54) is 4.90 Å². The van der Waals surface area contributed by atoms with E-state index in [9.17, 15) is 9.59 Å². The zero-order chi connectivity index (χ0) is 22.1. The van der Waals surface area contributed by atoms with Gasteiger partial charge in [-0.3, -0.25) is 14.5 Å². The summed E-state index contributed by atoms with van der Waals surface area (Å²) < 4.78 is 5.70. The second-order valence-electron chi connectivity index (χ2n) is 8.25. The van der Waals surface area contributed by atoms with E-state index in [2.05, 4.69) is 9.88 Å². The molecule has 2 aromatic rings. The van der Waals surface area contributed by atoms with Gasteiger partial charge in [0, 0.05) is 44.0 Å². The number of amides is 2. The first-order valence-electron chi connectivity index (χ1n) is 11.0. The number of halogens is 1. The van der Waals surface area contributed by atoms with Crippen molar-refractivity contribution in [2.45, 2.75) is 18.9 Å². The zero-order valence-corrected chi connectivity index (χ0v) is 18.5. The Morgan fingerprint density at radius 3 is 2.38 bits per heavy atom. The van der Waals surface area contributed by atoms with Gasteiger partial charge in [-0.25, -0.2) is 4.98 Å². The van der Waals surface area contributed by atoms with Gasteiger partial charge in [-0.15, -0.1) is 0 Å². The lowest BCUT2D eigenvalue weighted by atomic mass is 10.0. The highest BCUT2D eigenvalue weighted by atomic mass is 35.5. The van der Waals surface area contributed by atoms with Gasteiger partial charge in [0.1, 0.15) is 11.5 Å². The van der Waals surface area contributed by atoms with Crippen LogP contribution in [-0.4, -0.2) is 72.0 Å². The molecule has 0 N–H and O–H groups in total. The van der Waals surface area contributed by atoms with Gasteiger partial charge in [0.2, 0.25) is 0 Å². The van der Waals surface area contributed by atoms with Crippen molar-refractivity contribution >= 4 is 34.8 Å². The first-order chi connectivity index (χ1) is 15.6. The SMILES string of the molecule is O=C1C(c2ccc(Cl)cc2)=C(N2CCN(c3ccccn3)CC2)C(=O)N1CC1CCCO1. The molecule has 1 aromatic heterocycles. The number of benzene rings is 1. The Bertz CT molecular complexity index is 1030. The van der Waals surface area contributed by atoms with Crippen molar-refractivity contribution in [3.63, 3.8) is 0 Å². The monoisotopic (exact) mass is 452 g/mol. The summed E-state index contributed by atoms with van der Waals surface area (Å²) in [4.78, 5) is 37.0. The third kappa shape index (κ3) is 3.98. The van der Waals surface area contributed by atoms with Crippen LogP contribution < -0.4 is 4.90 Å². The van der Waals surface area contributed by atoms with Gasteiger partial charge < -0.3 is 14.5 Å². The molecule has 0 spiro atoms. The fraction of sp³-hybridized carbons (Fsp3) is 0.375. The number of hydrogen-bond acceptors (Lipinski definition) is 6. The summed E-state index contributed by atoms with van der Waals surface area (Å²) in [5.41, 5.74) is 1.65. The van der Waals surface area contributed by atoms with Crippen molar-refractivity contribution in [2.24, 2.45) is 0 Å². The molecular weight excluding hydrogens is 428 g/mol. The molecule has 2 fully saturated rings. The molecule has 7 nitrogen and oxygen atoms in total. The number of carbonyl (C=O) groups excluding carboxylic acids is 2. The summed E-state index contributed by atoms with van der Waals surface area (Å²) in [6.45, 7) is 3.70. The molecule has 2 amide bonds.